The van der Waals surface area contributed by atoms with Gasteiger partial charge in [-0.05, 0) is 56.7 Å². The van der Waals surface area contributed by atoms with Crippen molar-refractivity contribution in [2.45, 2.75) is 39.5 Å². The highest BCUT2D eigenvalue weighted by atomic mass is 32.1. The zero-order valence-corrected chi connectivity index (χ0v) is 16.9. The van der Waals surface area contributed by atoms with Crippen LogP contribution in [0.1, 0.15) is 53.1 Å². The van der Waals surface area contributed by atoms with E-state index in [1.54, 1.807) is 13.0 Å². The molecule has 1 amide bonds. The number of thiophene rings is 1. The molecular weight excluding hydrogens is 374 g/mol. The SMILES string of the molecule is CCOC(=O)c1c(NC(=O)C(=Cc2ccccc2)C(C)=O)sc2c1CCCC2. The number of Topliss-reactive ketones (excluding diaryl/α,β-unsaturated/α-hetero) is 1. The Balaban J connectivity index is 1.94. The maximum atomic E-state index is 12.9. The smallest absolute Gasteiger partial charge is 0.341 e. The second-order valence-electron chi connectivity index (χ2n) is 6.61. The lowest BCUT2D eigenvalue weighted by Gasteiger charge is -2.12. The van der Waals surface area contributed by atoms with E-state index in [4.69, 9.17) is 4.74 Å². The predicted octanol–water partition coefficient (Wildman–Crippen LogP) is 4.41. The number of nitrogens with one attached hydrogen (secondary N) is 1. The molecule has 1 aromatic carbocycles. The van der Waals surface area contributed by atoms with Crippen LogP contribution in [0.2, 0.25) is 0 Å². The topological polar surface area (TPSA) is 72.5 Å². The minimum Gasteiger partial charge on any atom is -0.462 e. The summed E-state index contributed by atoms with van der Waals surface area (Å²) >= 11 is 1.41. The van der Waals surface area contributed by atoms with Crippen LogP contribution in [0.25, 0.3) is 6.08 Å². The number of ether oxygens (including phenoxy) is 1. The molecule has 6 heteroatoms. The number of carbonyl (C=O) groups excluding carboxylic acids is 3. The largest absolute Gasteiger partial charge is 0.462 e. The number of benzene rings is 1. The number of aryl methyl sites for hydroxylation is 1. The summed E-state index contributed by atoms with van der Waals surface area (Å²) in [7, 11) is 0. The summed E-state index contributed by atoms with van der Waals surface area (Å²) in [6, 6.07) is 9.20. The van der Waals surface area contributed by atoms with E-state index in [1.165, 1.54) is 18.3 Å². The Kier molecular flexibility index (Phi) is 6.41. The van der Waals surface area contributed by atoms with E-state index in [1.807, 2.05) is 30.3 Å². The average Bonchev–Trinajstić information content (AvgIpc) is 3.04. The van der Waals surface area contributed by atoms with Crippen molar-refractivity contribution in [2.24, 2.45) is 0 Å². The highest BCUT2D eigenvalue weighted by Crippen LogP contribution is 2.38. The van der Waals surface area contributed by atoms with Gasteiger partial charge >= 0.3 is 5.97 Å². The quantitative estimate of drug-likeness (QED) is 0.339. The van der Waals surface area contributed by atoms with Crippen LogP contribution in [-0.2, 0) is 27.2 Å². The normalized spacial score (nSPS) is 13.6. The summed E-state index contributed by atoms with van der Waals surface area (Å²) in [5.41, 5.74) is 2.23. The van der Waals surface area contributed by atoms with Crippen LogP contribution in [0.15, 0.2) is 35.9 Å². The summed E-state index contributed by atoms with van der Waals surface area (Å²) in [6.45, 7) is 3.38. The molecule has 0 bridgehead atoms. The molecule has 0 fully saturated rings. The van der Waals surface area contributed by atoms with Gasteiger partial charge in [0.25, 0.3) is 5.91 Å². The molecule has 1 aromatic heterocycles. The zero-order valence-electron chi connectivity index (χ0n) is 16.0. The van der Waals surface area contributed by atoms with E-state index in [-0.39, 0.29) is 18.0 Å². The molecule has 1 aliphatic rings. The molecule has 146 valence electrons. The highest BCUT2D eigenvalue weighted by Gasteiger charge is 2.28. The van der Waals surface area contributed by atoms with Crippen LogP contribution in [0, 0.1) is 0 Å². The molecule has 5 nitrogen and oxygen atoms in total. The Morgan fingerprint density at radius 3 is 2.54 bits per heavy atom. The van der Waals surface area contributed by atoms with Gasteiger partial charge in [-0.1, -0.05) is 30.3 Å². The molecule has 1 N–H and O–H groups in total. The molecule has 0 atom stereocenters. The number of rotatable bonds is 6. The molecule has 0 radical (unpaired) electrons. The molecule has 28 heavy (non-hydrogen) atoms. The number of ketones is 1. The average molecular weight is 397 g/mol. The fraction of sp³-hybridized carbons (Fsp3) is 0.318. The molecule has 0 saturated carbocycles. The van der Waals surface area contributed by atoms with Crippen LogP contribution in [0.5, 0.6) is 0 Å². The Morgan fingerprint density at radius 2 is 1.86 bits per heavy atom. The number of esters is 1. The molecule has 1 aliphatic carbocycles. The molecule has 0 unspecified atom stereocenters. The summed E-state index contributed by atoms with van der Waals surface area (Å²) in [5.74, 6) is -1.27. The second kappa shape index (κ2) is 8.97. The number of hydrogen-bond acceptors (Lipinski definition) is 5. The van der Waals surface area contributed by atoms with Gasteiger partial charge in [0.15, 0.2) is 5.78 Å². The molecule has 0 saturated heterocycles. The standard InChI is InChI=1S/C22H23NO4S/c1-3-27-22(26)19-16-11-7-8-12-18(16)28-21(19)23-20(25)17(14(2)24)13-15-9-5-4-6-10-15/h4-6,9-10,13H,3,7-8,11-12H2,1-2H3,(H,23,25). The predicted molar refractivity (Wildman–Crippen MR) is 111 cm³/mol. The third kappa shape index (κ3) is 4.39. The number of fused-ring (bicyclic) bond motifs is 1. The van der Waals surface area contributed by atoms with Gasteiger partial charge in [-0.15, -0.1) is 11.3 Å². The van der Waals surface area contributed by atoms with Gasteiger partial charge in [0.1, 0.15) is 5.00 Å². The summed E-state index contributed by atoms with van der Waals surface area (Å²) < 4.78 is 5.21. The van der Waals surface area contributed by atoms with Gasteiger partial charge in [0.05, 0.1) is 17.7 Å². The van der Waals surface area contributed by atoms with Crippen LogP contribution < -0.4 is 5.32 Å². The van der Waals surface area contributed by atoms with E-state index < -0.39 is 11.9 Å². The lowest BCUT2D eigenvalue weighted by Crippen LogP contribution is -2.20. The van der Waals surface area contributed by atoms with Crippen molar-refractivity contribution in [3.05, 3.63) is 57.5 Å². The number of anilines is 1. The van der Waals surface area contributed by atoms with Crippen molar-refractivity contribution in [3.8, 4) is 0 Å². The fourth-order valence-electron chi connectivity index (χ4n) is 3.29. The Hall–Kier alpha value is -2.73. The second-order valence-corrected chi connectivity index (χ2v) is 7.72. The lowest BCUT2D eigenvalue weighted by molar-refractivity contribution is -0.118. The van der Waals surface area contributed by atoms with E-state index in [0.29, 0.717) is 10.6 Å². The van der Waals surface area contributed by atoms with Crippen molar-refractivity contribution < 1.29 is 19.1 Å². The maximum absolute atomic E-state index is 12.9. The molecule has 2 aromatic rings. The molecular formula is C22H23NO4S. The first-order valence-corrected chi connectivity index (χ1v) is 10.2. The van der Waals surface area contributed by atoms with Crippen LogP contribution in [0.3, 0.4) is 0 Å². The summed E-state index contributed by atoms with van der Waals surface area (Å²) in [5, 5.41) is 3.27. The van der Waals surface area contributed by atoms with Crippen LogP contribution >= 0.6 is 11.3 Å². The van der Waals surface area contributed by atoms with Gasteiger partial charge in [0.2, 0.25) is 0 Å². The van der Waals surface area contributed by atoms with Crippen molar-refractivity contribution in [3.63, 3.8) is 0 Å². The third-order valence-corrected chi connectivity index (χ3v) is 5.82. The van der Waals surface area contributed by atoms with E-state index in [0.717, 1.165) is 41.7 Å². The maximum Gasteiger partial charge on any atom is 0.341 e. The molecule has 1 heterocycles. The summed E-state index contributed by atoms with van der Waals surface area (Å²) in [4.78, 5) is 38.6. The van der Waals surface area contributed by atoms with E-state index in [9.17, 15) is 14.4 Å². The number of hydrogen-bond donors (Lipinski definition) is 1. The molecule has 3 rings (SSSR count). The molecule has 0 aliphatic heterocycles. The Bertz CT molecular complexity index is 928. The number of amides is 1. The van der Waals surface area contributed by atoms with Gasteiger partial charge in [0, 0.05) is 4.88 Å². The zero-order chi connectivity index (χ0) is 20.1. The minimum atomic E-state index is -0.513. The highest BCUT2D eigenvalue weighted by molar-refractivity contribution is 7.17. The van der Waals surface area contributed by atoms with E-state index >= 15 is 0 Å². The van der Waals surface area contributed by atoms with Crippen LogP contribution in [0.4, 0.5) is 5.00 Å². The lowest BCUT2D eigenvalue weighted by atomic mass is 9.95. The first-order valence-electron chi connectivity index (χ1n) is 9.42. The van der Waals surface area contributed by atoms with Crippen LogP contribution in [-0.4, -0.2) is 24.3 Å². The monoisotopic (exact) mass is 397 g/mol. The van der Waals surface area contributed by atoms with Crippen molar-refractivity contribution in [1.29, 1.82) is 0 Å². The van der Waals surface area contributed by atoms with Gasteiger partial charge in [-0.25, -0.2) is 4.79 Å². The first kappa shape index (κ1) is 20.0. The Morgan fingerprint density at radius 1 is 1.14 bits per heavy atom. The van der Waals surface area contributed by atoms with Crippen molar-refractivity contribution in [2.75, 3.05) is 11.9 Å². The van der Waals surface area contributed by atoms with Gasteiger partial charge in [-0.2, -0.15) is 0 Å². The molecule has 0 spiro atoms. The fourth-order valence-corrected chi connectivity index (χ4v) is 4.56. The van der Waals surface area contributed by atoms with Gasteiger partial charge in [-0.3, -0.25) is 9.59 Å². The summed E-state index contributed by atoms with van der Waals surface area (Å²) in [6.07, 6.45) is 5.33. The van der Waals surface area contributed by atoms with E-state index in [2.05, 4.69) is 5.32 Å². The first-order chi connectivity index (χ1) is 13.5. The van der Waals surface area contributed by atoms with Crippen molar-refractivity contribution >= 4 is 40.1 Å². The van der Waals surface area contributed by atoms with Gasteiger partial charge < -0.3 is 10.1 Å². The van der Waals surface area contributed by atoms with Crippen molar-refractivity contribution in [1.82, 2.24) is 0 Å². The number of carbonyl (C=O) groups is 3. The third-order valence-electron chi connectivity index (χ3n) is 4.61. The minimum absolute atomic E-state index is 0.0485. The Labute approximate surface area is 168 Å².